The zero-order chi connectivity index (χ0) is 31.6. The Kier molecular flexibility index (Phi) is 11.4. The summed E-state index contributed by atoms with van der Waals surface area (Å²) in [4.78, 5) is 43.0. The topological polar surface area (TPSA) is 134 Å². The number of amides is 3. The van der Waals surface area contributed by atoms with Crippen LogP contribution in [0.4, 0.5) is 4.79 Å². The first kappa shape index (κ1) is 32.4. The second-order valence-corrected chi connectivity index (χ2v) is 11.4. The highest BCUT2D eigenvalue weighted by molar-refractivity contribution is 6.06. The van der Waals surface area contributed by atoms with Crippen molar-refractivity contribution in [2.45, 2.75) is 44.9 Å². The van der Waals surface area contributed by atoms with E-state index >= 15 is 0 Å². The molecule has 2 aromatic carbocycles. The zero-order valence-corrected chi connectivity index (χ0v) is 25.9. The summed E-state index contributed by atoms with van der Waals surface area (Å²) < 4.78 is 22.6. The molecule has 3 aliphatic heterocycles. The standard InChI is InChI=1S/C33H43N5O7/c1-42-18-19-43-20-21-44-30-25(8-9-26-27(30)22-38(31(26)34)28-10-11-29(39)35-32(28)40)12-15-36-13-5-14-37(17-16-36)33(41)45-23-24-6-3-2-4-7-24/h2-4,6-9,28,34H,5,10-23H2,1H3,(H,35,39,40)/t28-/m0/s1. The highest BCUT2D eigenvalue weighted by Gasteiger charge is 2.39. The molecule has 0 unspecified atom stereocenters. The number of nitrogens with zero attached hydrogens (tertiary/aromatic N) is 3. The fraction of sp³-hybridized carbons (Fsp3) is 0.515. The van der Waals surface area contributed by atoms with Gasteiger partial charge in [-0.25, -0.2) is 4.79 Å². The first-order valence-electron chi connectivity index (χ1n) is 15.7. The molecule has 0 saturated carbocycles. The second-order valence-electron chi connectivity index (χ2n) is 11.4. The van der Waals surface area contributed by atoms with Crippen LogP contribution >= 0.6 is 0 Å². The van der Waals surface area contributed by atoms with Gasteiger partial charge in [0.25, 0.3) is 0 Å². The van der Waals surface area contributed by atoms with Crippen molar-refractivity contribution in [1.82, 2.24) is 20.0 Å². The number of carbonyl (C=O) groups is 3. The van der Waals surface area contributed by atoms with Gasteiger partial charge in [-0.3, -0.25) is 20.3 Å². The number of piperidine rings is 1. The number of rotatable bonds is 13. The molecular weight excluding hydrogens is 578 g/mol. The van der Waals surface area contributed by atoms with E-state index < -0.39 is 6.04 Å². The van der Waals surface area contributed by atoms with Crippen molar-refractivity contribution in [3.05, 3.63) is 64.7 Å². The molecule has 0 aromatic heterocycles. The summed E-state index contributed by atoms with van der Waals surface area (Å²) >= 11 is 0. The van der Waals surface area contributed by atoms with E-state index in [4.69, 9.17) is 24.4 Å². The molecule has 0 radical (unpaired) electrons. The summed E-state index contributed by atoms with van der Waals surface area (Å²) in [7, 11) is 1.63. The van der Waals surface area contributed by atoms with Crippen molar-refractivity contribution in [1.29, 1.82) is 5.41 Å². The number of ether oxygens (including phenoxy) is 4. The Morgan fingerprint density at radius 1 is 1.00 bits per heavy atom. The molecule has 3 aliphatic rings. The van der Waals surface area contributed by atoms with Crippen LogP contribution in [0.2, 0.25) is 0 Å². The number of amidine groups is 1. The summed E-state index contributed by atoms with van der Waals surface area (Å²) in [6.45, 7) is 5.95. The molecule has 2 N–H and O–H groups in total. The van der Waals surface area contributed by atoms with Gasteiger partial charge in [0.1, 0.15) is 30.8 Å². The van der Waals surface area contributed by atoms with E-state index in [0.29, 0.717) is 52.5 Å². The Morgan fingerprint density at radius 2 is 1.82 bits per heavy atom. The SMILES string of the molecule is COCCOCCOc1c(CCN2CCCN(C(=O)OCc3ccccc3)CC2)ccc2c1CN([C@H]1CCC(=O)NC1=O)C2=N. The Morgan fingerprint density at radius 3 is 2.62 bits per heavy atom. The number of hydrogen-bond acceptors (Lipinski definition) is 9. The lowest BCUT2D eigenvalue weighted by molar-refractivity contribution is -0.136. The van der Waals surface area contributed by atoms with Crippen molar-refractivity contribution >= 4 is 23.7 Å². The molecule has 0 spiro atoms. The van der Waals surface area contributed by atoms with Gasteiger partial charge in [0, 0.05) is 57.4 Å². The van der Waals surface area contributed by atoms with Crippen molar-refractivity contribution < 1.29 is 33.3 Å². The van der Waals surface area contributed by atoms with Gasteiger partial charge in [-0.15, -0.1) is 0 Å². The third-order valence-corrected chi connectivity index (χ3v) is 8.45. The molecule has 3 amide bonds. The van der Waals surface area contributed by atoms with E-state index in [1.54, 1.807) is 16.9 Å². The van der Waals surface area contributed by atoms with Gasteiger partial charge in [0.05, 0.1) is 19.8 Å². The molecule has 12 nitrogen and oxygen atoms in total. The number of carbonyl (C=O) groups excluding carboxylic acids is 3. The Labute approximate surface area is 264 Å². The maximum atomic E-state index is 12.7. The van der Waals surface area contributed by atoms with Crippen LogP contribution in [0.5, 0.6) is 5.75 Å². The van der Waals surface area contributed by atoms with E-state index in [1.165, 1.54) is 0 Å². The Balaban J connectivity index is 1.21. The fourth-order valence-corrected chi connectivity index (χ4v) is 5.99. The predicted molar refractivity (Wildman–Crippen MR) is 166 cm³/mol. The first-order valence-corrected chi connectivity index (χ1v) is 15.7. The normalized spacial score (nSPS) is 18.9. The Bertz CT molecular complexity index is 1350. The summed E-state index contributed by atoms with van der Waals surface area (Å²) in [5.74, 6) is 0.347. The quantitative estimate of drug-likeness (QED) is 0.256. The van der Waals surface area contributed by atoms with Crippen LogP contribution in [0.25, 0.3) is 0 Å². The average molecular weight is 622 g/mol. The molecule has 2 aromatic rings. The van der Waals surface area contributed by atoms with Crippen LogP contribution in [0, 0.1) is 5.41 Å². The predicted octanol–water partition coefficient (Wildman–Crippen LogP) is 2.56. The van der Waals surface area contributed by atoms with E-state index in [1.807, 2.05) is 42.5 Å². The van der Waals surface area contributed by atoms with E-state index in [0.717, 1.165) is 60.5 Å². The first-order chi connectivity index (χ1) is 21.9. The highest BCUT2D eigenvalue weighted by Crippen LogP contribution is 2.36. The van der Waals surface area contributed by atoms with Gasteiger partial charge in [0.15, 0.2) is 0 Å². The molecule has 0 aliphatic carbocycles. The second kappa shape index (κ2) is 15.8. The fourth-order valence-electron chi connectivity index (χ4n) is 5.99. The van der Waals surface area contributed by atoms with Crippen LogP contribution in [0.3, 0.4) is 0 Å². The van der Waals surface area contributed by atoms with Gasteiger partial charge < -0.3 is 33.6 Å². The number of methoxy groups -OCH3 is 1. The molecule has 2 saturated heterocycles. The highest BCUT2D eigenvalue weighted by atomic mass is 16.6. The smallest absolute Gasteiger partial charge is 0.410 e. The van der Waals surface area contributed by atoms with Crippen LogP contribution < -0.4 is 10.1 Å². The molecule has 2 fully saturated rings. The minimum atomic E-state index is -0.573. The molecule has 0 bridgehead atoms. The van der Waals surface area contributed by atoms with E-state index in [2.05, 4.69) is 10.2 Å². The molecule has 5 rings (SSSR count). The van der Waals surface area contributed by atoms with E-state index in [9.17, 15) is 14.4 Å². The summed E-state index contributed by atoms with van der Waals surface area (Å²) in [6, 6.07) is 13.1. The van der Waals surface area contributed by atoms with Gasteiger partial charge in [-0.05, 0) is 36.9 Å². The lowest BCUT2D eigenvalue weighted by Gasteiger charge is -2.30. The van der Waals surface area contributed by atoms with E-state index in [-0.39, 0.29) is 36.8 Å². The summed E-state index contributed by atoms with van der Waals surface area (Å²) in [6.07, 6.45) is 1.92. The minimum absolute atomic E-state index is 0.252. The number of nitrogens with one attached hydrogen (secondary N) is 2. The molecular formula is C33H43N5O7. The van der Waals surface area contributed by atoms with Crippen LogP contribution in [-0.2, 0) is 43.4 Å². The third-order valence-electron chi connectivity index (χ3n) is 8.45. The maximum absolute atomic E-state index is 12.7. The van der Waals surface area contributed by atoms with Gasteiger partial charge >= 0.3 is 6.09 Å². The molecule has 12 heteroatoms. The molecule has 1 atom stereocenters. The molecule has 45 heavy (non-hydrogen) atoms. The van der Waals surface area contributed by atoms with Crippen molar-refractivity contribution in [3.63, 3.8) is 0 Å². The largest absolute Gasteiger partial charge is 0.491 e. The number of hydrogen-bond donors (Lipinski definition) is 2. The lowest BCUT2D eigenvalue weighted by atomic mass is 10.0. The van der Waals surface area contributed by atoms with Crippen LogP contribution in [0.15, 0.2) is 42.5 Å². The molecule has 242 valence electrons. The number of benzene rings is 2. The van der Waals surface area contributed by atoms with Gasteiger partial charge in [-0.1, -0.05) is 42.5 Å². The van der Waals surface area contributed by atoms with Gasteiger partial charge in [0.2, 0.25) is 11.8 Å². The minimum Gasteiger partial charge on any atom is -0.491 e. The van der Waals surface area contributed by atoms with Crippen molar-refractivity contribution in [3.8, 4) is 5.75 Å². The zero-order valence-electron chi connectivity index (χ0n) is 25.9. The summed E-state index contributed by atoms with van der Waals surface area (Å²) in [5, 5.41) is 11.3. The lowest BCUT2D eigenvalue weighted by Crippen LogP contribution is -2.52. The number of fused-ring (bicyclic) bond motifs is 1. The average Bonchev–Trinajstić information content (AvgIpc) is 3.20. The maximum Gasteiger partial charge on any atom is 0.410 e. The van der Waals surface area contributed by atoms with Crippen LogP contribution in [-0.4, -0.2) is 111 Å². The van der Waals surface area contributed by atoms with Crippen molar-refractivity contribution in [2.24, 2.45) is 0 Å². The number of imide groups is 1. The van der Waals surface area contributed by atoms with Crippen molar-refractivity contribution in [2.75, 3.05) is 66.3 Å². The third kappa shape index (κ3) is 8.38. The summed E-state index contributed by atoms with van der Waals surface area (Å²) in [5.41, 5.74) is 3.60. The van der Waals surface area contributed by atoms with Gasteiger partial charge in [-0.2, -0.15) is 0 Å². The monoisotopic (exact) mass is 621 g/mol. The molecule has 3 heterocycles. The Hall–Kier alpha value is -4.00. The van der Waals surface area contributed by atoms with Crippen LogP contribution in [0.1, 0.15) is 41.5 Å².